The van der Waals surface area contributed by atoms with Gasteiger partial charge in [-0.2, -0.15) is 0 Å². The molecule has 1 aliphatic heterocycles. The van der Waals surface area contributed by atoms with Crippen molar-refractivity contribution in [3.8, 4) is 11.4 Å². The lowest BCUT2D eigenvalue weighted by Crippen LogP contribution is -2.38. The van der Waals surface area contributed by atoms with Crippen LogP contribution in [0.5, 0.6) is 5.75 Å². The largest absolute Gasteiger partial charge is 0.492 e. The van der Waals surface area contributed by atoms with Crippen molar-refractivity contribution in [2.75, 3.05) is 39.1 Å². The molecule has 1 aromatic carbocycles. The predicted molar refractivity (Wildman–Crippen MR) is 101 cm³/mol. The molecule has 0 amide bonds. The summed E-state index contributed by atoms with van der Waals surface area (Å²) in [7, 11) is 2.52. The summed E-state index contributed by atoms with van der Waals surface area (Å²) in [6.45, 7) is 2.48. The highest BCUT2D eigenvalue weighted by Gasteiger charge is 2.32. The third-order valence-electron chi connectivity index (χ3n) is 4.27. The molecule has 0 spiro atoms. The molecule has 0 fully saturated rings. The van der Waals surface area contributed by atoms with Crippen LogP contribution < -0.4 is 9.64 Å². The van der Waals surface area contributed by atoms with Crippen molar-refractivity contribution < 1.29 is 28.5 Å². The first-order chi connectivity index (χ1) is 13.6. The minimum Gasteiger partial charge on any atom is -0.492 e. The van der Waals surface area contributed by atoms with Crippen molar-refractivity contribution in [3.05, 3.63) is 54.0 Å². The monoisotopic (exact) mass is 386 g/mol. The Morgan fingerprint density at radius 2 is 1.82 bits per heavy atom. The maximum absolute atomic E-state index is 12.4. The van der Waals surface area contributed by atoms with E-state index in [-0.39, 0.29) is 24.6 Å². The van der Waals surface area contributed by atoms with Gasteiger partial charge in [0, 0.05) is 18.1 Å². The highest BCUT2D eigenvalue weighted by atomic mass is 16.5. The molecule has 2 aromatic rings. The lowest BCUT2D eigenvalue weighted by atomic mass is 10.1. The number of methoxy groups -OCH3 is 2. The number of carbonyl (C=O) groups is 2. The molecule has 0 aliphatic carbocycles. The van der Waals surface area contributed by atoms with Crippen LogP contribution in [0.3, 0.4) is 0 Å². The van der Waals surface area contributed by atoms with Crippen LogP contribution in [0.4, 0.5) is 5.69 Å². The second-order valence-corrected chi connectivity index (χ2v) is 5.89. The molecule has 0 bridgehead atoms. The zero-order valence-electron chi connectivity index (χ0n) is 16.0. The Kier molecular flexibility index (Phi) is 6.00. The van der Waals surface area contributed by atoms with Crippen molar-refractivity contribution in [1.29, 1.82) is 0 Å². The van der Waals surface area contributed by atoms with E-state index in [9.17, 15) is 9.59 Å². The Hall–Kier alpha value is -3.26. The SMILES string of the molecule is CCOc1ccc(N2COCC(C(=O)OC)=C2C(=O)OC)cc1-n1cccc1. The van der Waals surface area contributed by atoms with E-state index in [1.165, 1.54) is 14.2 Å². The van der Waals surface area contributed by atoms with Crippen LogP contribution in [0.1, 0.15) is 6.92 Å². The van der Waals surface area contributed by atoms with Gasteiger partial charge in [-0.3, -0.25) is 0 Å². The second-order valence-electron chi connectivity index (χ2n) is 5.89. The fraction of sp³-hybridized carbons (Fsp3) is 0.300. The van der Waals surface area contributed by atoms with Crippen molar-refractivity contribution in [1.82, 2.24) is 4.57 Å². The van der Waals surface area contributed by atoms with E-state index < -0.39 is 11.9 Å². The van der Waals surface area contributed by atoms with Gasteiger partial charge >= 0.3 is 11.9 Å². The lowest BCUT2D eigenvalue weighted by Gasteiger charge is -2.31. The van der Waals surface area contributed by atoms with Crippen LogP contribution in [-0.4, -0.2) is 50.7 Å². The van der Waals surface area contributed by atoms with Crippen LogP contribution in [0.2, 0.25) is 0 Å². The maximum Gasteiger partial charge on any atom is 0.355 e. The summed E-state index contributed by atoms with van der Waals surface area (Å²) in [4.78, 5) is 26.2. The molecule has 0 radical (unpaired) electrons. The minimum atomic E-state index is -0.639. The first-order valence-electron chi connectivity index (χ1n) is 8.76. The van der Waals surface area contributed by atoms with Gasteiger partial charge in [-0.05, 0) is 37.3 Å². The zero-order chi connectivity index (χ0) is 20.1. The Bertz CT molecular complexity index is 888. The number of rotatable bonds is 6. The number of hydrogen-bond donors (Lipinski definition) is 0. The Morgan fingerprint density at radius 3 is 2.46 bits per heavy atom. The van der Waals surface area contributed by atoms with Gasteiger partial charge in [-0.25, -0.2) is 9.59 Å². The zero-order valence-corrected chi connectivity index (χ0v) is 16.0. The van der Waals surface area contributed by atoms with Crippen molar-refractivity contribution >= 4 is 17.6 Å². The lowest BCUT2D eigenvalue weighted by molar-refractivity contribution is -0.140. The van der Waals surface area contributed by atoms with Gasteiger partial charge in [0.1, 0.15) is 18.2 Å². The average Bonchev–Trinajstić information content (AvgIpc) is 3.27. The molecule has 148 valence electrons. The molecule has 0 N–H and O–H groups in total. The third-order valence-corrected chi connectivity index (χ3v) is 4.27. The maximum atomic E-state index is 12.4. The van der Waals surface area contributed by atoms with E-state index in [1.54, 1.807) is 11.0 Å². The number of ether oxygens (including phenoxy) is 4. The molecule has 3 rings (SSSR count). The number of esters is 2. The molecule has 0 saturated heterocycles. The van der Waals surface area contributed by atoms with Crippen molar-refractivity contribution in [2.24, 2.45) is 0 Å². The molecular formula is C20H22N2O6. The van der Waals surface area contributed by atoms with E-state index in [1.807, 2.05) is 48.1 Å². The Labute approximate surface area is 162 Å². The van der Waals surface area contributed by atoms with Crippen LogP contribution in [0, 0.1) is 0 Å². The van der Waals surface area contributed by atoms with E-state index in [0.717, 1.165) is 5.69 Å². The van der Waals surface area contributed by atoms with Gasteiger partial charge in [0.25, 0.3) is 0 Å². The number of carbonyl (C=O) groups excluding carboxylic acids is 2. The highest BCUT2D eigenvalue weighted by Crippen LogP contribution is 2.32. The van der Waals surface area contributed by atoms with Gasteiger partial charge < -0.3 is 28.4 Å². The molecule has 28 heavy (non-hydrogen) atoms. The number of nitrogens with zero attached hydrogens (tertiary/aromatic N) is 2. The quantitative estimate of drug-likeness (QED) is 0.705. The van der Waals surface area contributed by atoms with E-state index >= 15 is 0 Å². The van der Waals surface area contributed by atoms with E-state index in [4.69, 9.17) is 18.9 Å². The molecule has 2 heterocycles. The second kappa shape index (κ2) is 8.62. The topological polar surface area (TPSA) is 79.2 Å². The summed E-state index contributed by atoms with van der Waals surface area (Å²) in [5.41, 5.74) is 1.65. The average molecular weight is 386 g/mol. The van der Waals surface area contributed by atoms with Gasteiger partial charge in [0.2, 0.25) is 0 Å². The van der Waals surface area contributed by atoms with Gasteiger partial charge in [-0.1, -0.05) is 0 Å². The fourth-order valence-corrected chi connectivity index (χ4v) is 3.00. The molecule has 0 atom stereocenters. The van der Waals surface area contributed by atoms with E-state index in [0.29, 0.717) is 18.0 Å². The van der Waals surface area contributed by atoms with Gasteiger partial charge in [-0.15, -0.1) is 0 Å². The Balaban J connectivity index is 2.11. The molecule has 1 aromatic heterocycles. The Morgan fingerprint density at radius 1 is 1.11 bits per heavy atom. The number of benzene rings is 1. The standard InChI is InChI=1S/C20H22N2O6/c1-4-28-17-8-7-14(11-16(17)21-9-5-6-10-21)22-13-27-12-15(19(23)25-2)18(22)20(24)26-3/h5-11H,4,12-13H2,1-3H3. The molecule has 8 heteroatoms. The molecule has 0 unspecified atom stereocenters. The number of anilines is 1. The van der Waals surface area contributed by atoms with E-state index in [2.05, 4.69) is 0 Å². The highest BCUT2D eigenvalue weighted by molar-refractivity contribution is 6.03. The summed E-state index contributed by atoms with van der Waals surface area (Å²) in [5, 5.41) is 0. The molecule has 1 aliphatic rings. The number of aromatic nitrogens is 1. The molecule has 0 saturated carbocycles. The first-order valence-corrected chi connectivity index (χ1v) is 8.76. The summed E-state index contributed by atoms with van der Waals surface area (Å²) < 4.78 is 22.9. The van der Waals surface area contributed by atoms with Gasteiger partial charge in [0.05, 0.1) is 38.7 Å². The normalized spacial score (nSPS) is 14.0. The predicted octanol–water partition coefficient (Wildman–Crippen LogP) is 2.27. The van der Waals surface area contributed by atoms with Crippen LogP contribution in [0.25, 0.3) is 5.69 Å². The number of hydrogen-bond acceptors (Lipinski definition) is 7. The van der Waals surface area contributed by atoms with Crippen molar-refractivity contribution in [2.45, 2.75) is 6.92 Å². The van der Waals surface area contributed by atoms with Crippen LogP contribution in [0.15, 0.2) is 54.0 Å². The molecule has 8 nitrogen and oxygen atoms in total. The first kappa shape index (κ1) is 19.5. The van der Waals surface area contributed by atoms with Crippen LogP contribution >= 0.6 is 0 Å². The van der Waals surface area contributed by atoms with Crippen molar-refractivity contribution in [3.63, 3.8) is 0 Å². The fourth-order valence-electron chi connectivity index (χ4n) is 3.00. The summed E-state index contributed by atoms with van der Waals surface area (Å²) in [6, 6.07) is 9.28. The molecular weight excluding hydrogens is 364 g/mol. The minimum absolute atomic E-state index is 0.0326. The van der Waals surface area contributed by atoms with Gasteiger partial charge in [0.15, 0.2) is 0 Å². The summed E-state index contributed by atoms with van der Waals surface area (Å²) in [6.07, 6.45) is 3.79. The summed E-state index contributed by atoms with van der Waals surface area (Å²) >= 11 is 0. The van der Waals surface area contributed by atoms with Crippen LogP contribution in [-0.2, 0) is 23.8 Å². The summed E-state index contributed by atoms with van der Waals surface area (Å²) in [5.74, 6) is -0.584. The third kappa shape index (κ3) is 3.72. The smallest absolute Gasteiger partial charge is 0.355 e.